The molecular formula is C15H20BrN5. The molecule has 1 heterocycles. The molecule has 21 heavy (non-hydrogen) atoms. The third-order valence-corrected chi connectivity index (χ3v) is 4.06. The fraction of sp³-hybridized carbons (Fsp3) is 0.333. The molecule has 0 fully saturated rings. The van der Waals surface area contributed by atoms with Crippen molar-refractivity contribution in [2.45, 2.75) is 26.3 Å². The number of hydrazine groups is 1. The van der Waals surface area contributed by atoms with E-state index < -0.39 is 0 Å². The van der Waals surface area contributed by atoms with Crippen LogP contribution in [0.2, 0.25) is 0 Å². The number of benzene rings is 1. The normalized spacial score (nSPS) is 10.5. The van der Waals surface area contributed by atoms with E-state index in [1.165, 1.54) is 5.56 Å². The third kappa shape index (κ3) is 3.71. The van der Waals surface area contributed by atoms with Gasteiger partial charge in [-0.05, 0) is 18.1 Å². The van der Waals surface area contributed by atoms with E-state index in [0.717, 1.165) is 35.2 Å². The lowest BCUT2D eigenvalue weighted by molar-refractivity contribution is 0.841. The molecule has 5 nitrogen and oxygen atoms in total. The van der Waals surface area contributed by atoms with Gasteiger partial charge in [0.2, 0.25) is 0 Å². The molecule has 112 valence electrons. The number of nitrogens with one attached hydrogen (secondary N) is 1. The largest absolute Gasteiger partial charge is 0.355 e. The van der Waals surface area contributed by atoms with Gasteiger partial charge in [-0.1, -0.05) is 47.5 Å². The second-order valence-corrected chi connectivity index (χ2v) is 5.72. The summed E-state index contributed by atoms with van der Waals surface area (Å²) in [5.74, 6) is 7.17. The number of anilines is 2. The molecule has 0 bridgehead atoms. The van der Waals surface area contributed by atoms with E-state index in [4.69, 9.17) is 5.84 Å². The van der Waals surface area contributed by atoms with Crippen molar-refractivity contribution in [3.05, 3.63) is 46.2 Å². The van der Waals surface area contributed by atoms with Crippen molar-refractivity contribution in [2.24, 2.45) is 5.84 Å². The molecule has 0 atom stereocenters. The predicted molar refractivity (Wildman–Crippen MR) is 90.1 cm³/mol. The van der Waals surface area contributed by atoms with E-state index in [-0.39, 0.29) is 0 Å². The number of aromatic nitrogens is 2. The standard InChI is InChI=1S/C15H20BrN5/c1-3-6-12-14(20-17)18-10-19-15(12)21(2)9-11-7-4-5-8-13(11)16/h4-5,7-8,10H,3,6,9,17H2,1-2H3,(H,18,19,20). The zero-order valence-corrected chi connectivity index (χ0v) is 13.9. The maximum absolute atomic E-state index is 5.56. The van der Waals surface area contributed by atoms with Crippen LogP contribution in [-0.2, 0) is 13.0 Å². The Morgan fingerprint density at radius 2 is 2.05 bits per heavy atom. The summed E-state index contributed by atoms with van der Waals surface area (Å²) in [5.41, 5.74) is 4.93. The van der Waals surface area contributed by atoms with Crippen LogP contribution < -0.4 is 16.2 Å². The molecule has 0 saturated heterocycles. The second kappa shape index (κ2) is 7.38. The lowest BCUT2D eigenvalue weighted by Crippen LogP contribution is -2.22. The summed E-state index contributed by atoms with van der Waals surface area (Å²) in [6, 6.07) is 8.19. The van der Waals surface area contributed by atoms with Crippen molar-refractivity contribution < 1.29 is 0 Å². The Hall–Kier alpha value is -1.66. The maximum Gasteiger partial charge on any atom is 0.148 e. The number of hydrogen-bond donors (Lipinski definition) is 2. The van der Waals surface area contributed by atoms with E-state index >= 15 is 0 Å². The third-order valence-electron chi connectivity index (χ3n) is 3.29. The predicted octanol–water partition coefficient (Wildman–Crippen LogP) is 3.11. The van der Waals surface area contributed by atoms with Crippen LogP contribution in [0.5, 0.6) is 0 Å². The Morgan fingerprint density at radius 1 is 1.29 bits per heavy atom. The Balaban J connectivity index is 2.30. The van der Waals surface area contributed by atoms with Crippen LogP contribution in [0.4, 0.5) is 11.6 Å². The highest BCUT2D eigenvalue weighted by atomic mass is 79.9. The molecule has 0 aliphatic carbocycles. The smallest absolute Gasteiger partial charge is 0.148 e. The Labute approximate surface area is 133 Å². The molecule has 2 aromatic rings. The SMILES string of the molecule is CCCc1c(NN)ncnc1N(C)Cc1ccccc1Br. The molecule has 0 unspecified atom stereocenters. The molecule has 0 spiro atoms. The lowest BCUT2D eigenvalue weighted by Gasteiger charge is -2.22. The summed E-state index contributed by atoms with van der Waals surface area (Å²) in [4.78, 5) is 10.8. The van der Waals surface area contributed by atoms with Crippen LogP contribution in [-0.4, -0.2) is 17.0 Å². The summed E-state index contributed by atoms with van der Waals surface area (Å²) in [6.45, 7) is 2.89. The van der Waals surface area contributed by atoms with Crippen LogP contribution in [0.15, 0.2) is 35.1 Å². The highest BCUT2D eigenvalue weighted by Gasteiger charge is 2.14. The number of halogens is 1. The van der Waals surface area contributed by atoms with Crippen LogP contribution in [0.25, 0.3) is 0 Å². The van der Waals surface area contributed by atoms with Gasteiger partial charge >= 0.3 is 0 Å². The number of nitrogens with two attached hydrogens (primary N) is 1. The number of nitrogen functional groups attached to an aromatic ring is 1. The van der Waals surface area contributed by atoms with Gasteiger partial charge in [0.15, 0.2) is 0 Å². The van der Waals surface area contributed by atoms with Gasteiger partial charge in [0, 0.05) is 23.6 Å². The van der Waals surface area contributed by atoms with Crippen molar-refractivity contribution in [1.29, 1.82) is 0 Å². The van der Waals surface area contributed by atoms with Gasteiger partial charge in [-0.25, -0.2) is 15.8 Å². The molecule has 6 heteroatoms. The monoisotopic (exact) mass is 349 g/mol. The Bertz CT molecular complexity index is 602. The van der Waals surface area contributed by atoms with Crippen LogP contribution in [0.3, 0.4) is 0 Å². The molecule has 0 aliphatic rings. The number of rotatable bonds is 6. The fourth-order valence-corrected chi connectivity index (χ4v) is 2.70. The Morgan fingerprint density at radius 3 is 2.71 bits per heavy atom. The maximum atomic E-state index is 5.56. The van der Waals surface area contributed by atoms with Crippen molar-refractivity contribution in [3.8, 4) is 0 Å². The quantitative estimate of drug-likeness (QED) is 0.619. The molecule has 0 radical (unpaired) electrons. The van der Waals surface area contributed by atoms with Gasteiger partial charge in [-0.3, -0.25) is 0 Å². The minimum Gasteiger partial charge on any atom is -0.355 e. The molecule has 1 aromatic carbocycles. The molecule has 3 N–H and O–H groups in total. The van der Waals surface area contributed by atoms with Gasteiger partial charge in [0.25, 0.3) is 0 Å². The van der Waals surface area contributed by atoms with E-state index in [2.05, 4.69) is 49.2 Å². The van der Waals surface area contributed by atoms with Crippen LogP contribution in [0, 0.1) is 0 Å². The number of nitrogens with zero attached hydrogens (tertiary/aromatic N) is 3. The first kappa shape index (κ1) is 15.7. The summed E-state index contributed by atoms with van der Waals surface area (Å²) in [7, 11) is 2.03. The molecule has 0 saturated carbocycles. The zero-order valence-electron chi connectivity index (χ0n) is 12.3. The fourth-order valence-electron chi connectivity index (χ4n) is 2.29. The van der Waals surface area contributed by atoms with Crippen LogP contribution in [0.1, 0.15) is 24.5 Å². The highest BCUT2D eigenvalue weighted by Crippen LogP contribution is 2.26. The first-order valence-electron chi connectivity index (χ1n) is 6.92. The molecule has 2 rings (SSSR count). The summed E-state index contributed by atoms with van der Waals surface area (Å²) in [5, 5.41) is 0. The van der Waals surface area contributed by atoms with Gasteiger partial charge in [-0.15, -0.1) is 0 Å². The molecule has 0 aliphatic heterocycles. The summed E-state index contributed by atoms with van der Waals surface area (Å²) in [6.07, 6.45) is 3.44. The molecular weight excluding hydrogens is 330 g/mol. The molecule has 1 aromatic heterocycles. The van der Waals surface area contributed by atoms with Gasteiger partial charge in [0.1, 0.15) is 18.0 Å². The van der Waals surface area contributed by atoms with Gasteiger partial charge in [0.05, 0.1) is 0 Å². The summed E-state index contributed by atoms with van der Waals surface area (Å²) >= 11 is 3.58. The van der Waals surface area contributed by atoms with Crippen molar-refractivity contribution in [3.63, 3.8) is 0 Å². The lowest BCUT2D eigenvalue weighted by atomic mass is 10.1. The van der Waals surface area contributed by atoms with Crippen molar-refractivity contribution in [1.82, 2.24) is 9.97 Å². The summed E-state index contributed by atoms with van der Waals surface area (Å²) < 4.78 is 1.10. The van der Waals surface area contributed by atoms with Gasteiger partial charge in [-0.2, -0.15) is 0 Å². The topological polar surface area (TPSA) is 67.1 Å². The van der Waals surface area contributed by atoms with Gasteiger partial charge < -0.3 is 10.3 Å². The molecule has 0 amide bonds. The first-order chi connectivity index (χ1) is 10.2. The number of hydrogen-bond acceptors (Lipinski definition) is 5. The zero-order chi connectivity index (χ0) is 15.2. The second-order valence-electron chi connectivity index (χ2n) is 4.87. The average molecular weight is 350 g/mol. The van der Waals surface area contributed by atoms with Crippen LogP contribution >= 0.6 is 15.9 Å². The van der Waals surface area contributed by atoms with E-state index in [1.807, 2.05) is 25.2 Å². The van der Waals surface area contributed by atoms with Crippen molar-refractivity contribution in [2.75, 3.05) is 17.4 Å². The average Bonchev–Trinajstić information content (AvgIpc) is 2.50. The minimum absolute atomic E-state index is 0.695. The van der Waals surface area contributed by atoms with E-state index in [1.54, 1.807) is 6.33 Å². The first-order valence-corrected chi connectivity index (χ1v) is 7.71. The Kier molecular flexibility index (Phi) is 5.52. The van der Waals surface area contributed by atoms with E-state index in [9.17, 15) is 0 Å². The minimum atomic E-state index is 0.695. The highest BCUT2D eigenvalue weighted by molar-refractivity contribution is 9.10. The van der Waals surface area contributed by atoms with E-state index in [0.29, 0.717) is 5.82 Å². The van der Waals surface area contributed by atoms with Crippen molar-refractivity contribution >= 4 is 27.6 Å².